The predicted molar refractivity (Wildman–Crippen MR) is 173 cm³/mol. The molecule has 4 aromatic carbocycles. The first-order valence-corrected chi connectivity index (χ1v) is 15.8. The van der Waals surface area contributed by atoms with Crippen molar-refractivity contribution in [1.29, 1.82) is 5.26 Å². The molecule has 0 spiro atoms. The van der Waals surface area contributed by atoms with E-state index < -0.39 is 12.0 Å². The number of nitrogens with zero attached hydrogens (tertiary/aromatic N) is 2. The van der Waals surface area contributed by atoms with Gasteiger partial charge in [-0.3, -0.25) is 9.69 Å². The van der Waals surface area contributed by atoms with Crippen molar-refractivity contribution in [2.24, 2.45) is 0 Å². The van der Waals surface area contributed by atoms with Crippen LogP contribution in [-0.4, -0.2) is 35.2 Å². The van der Waals surface area contributed by atoms with Gasteiger partial charge in [0.2, 0.25) is 0 Å². The van der Waals surface area contributed by atoms with Gasteiger partial charge in [0.1, 0.15) is 42.4 Å². The fourth-order valence-electron chi connectivity index (χ4n) is 6.07. The Labute approximate surface area is 273 Å². The van der Waals surface area contributed by atoms with E-state index in [0.29, 0.717) is 48.2 Å². The van der Waals surface area contributed by atoms with Crippen molar-refractivity contribution in [3.63, 3.8) is 0 Å². The number of para-hydroxylation sites is 2. The van der Waals surface area contributed by atoms with Crippen LogP contribution in [0.25, 0.3) is 0 Å². The Morgan fingerprint density at radius 1 is 1.00 bits per heavy atom. The number of halogens is 1. The standard InChI is InChI=1S/C37H35ClN2O6/c1-24-28(10-7-11-29(24)34-23-44-31-13-2-3-14-32(31)46-34)22-43-33-16-15-27(20-40-17-5-4-12-30(40)37(41)42)36(35(33)38)45-21-26-9-6-8-25(18-26)19-39/h2-3,6-11,13-16,18,30,34H,4-5,12,17,20-23H2,1H3,(H,41,42)/t30-,34?/m0/s1. The van der Waals surface area contributed by atoms with Crippen molar-refractivity contribution >= 4 is 17.6 Å². The lowest BCUT2D eigenvalue weighted by atomic mass is 9.98. The van der Waals surface area contributed by atoms with Gasteiger partial charge in [-0.15, -0.1) is 0 Å². The summed E-state index contributed by atoms with van der Waals surface area (Å²) in [5, 5.41) is 19.5. The maximum absolute atomic E-state index is 12.0. The Balaban J connectivity index is 1.23. The second-order valence-corrected chi connectivity index (χ2v) is 11.9. The fourth-order valence-corrected chi connectivity index (χ4v) is 6.37. The van der Waals surface area contributed by atoms with Crippen LogP contribution >= 0.6 is 11.6 Å². The summed E-state index contributed by atoms with van der Waals surface area (Å²) in [7, 11) is 0. The van der Waals surface area contributed by atoms with Gasteiger partial charge in [-0.25, -0.2) is 0 Å². The zero-order valence-corrected chi connectivity index (χ0v) is 26.3. The Bertz CT molecular complexity index is 1770. The molecule has 1 saturated heterocycles. The highest BCUT2D eigenvalue weighted by Gasteiger charge is 2.30. The molecule has 2 atom stereocenters. The maximum atomic E-state index is 12.0. The van der Waals surface area contributed by atoms with Gasteiger partial charge >= 0.3 is 5.97 Å². The van der Waals surface area contributed by atoms with E-state index in [-0.39, 0.29) is 19.3 Å². The van der Waals surface area contributed by atoms with Crippen molar-refractivity contribution in [2.45, 2.75) is 58.1 Å². The third-order valence-corrected chi connectivity index (χ3v) is 8.94. The Morgan fingerprint density at radius 2 is 1.83 bits per heavy atom. The average Bonchev–Trinajstić information content (AvgIpc) is 3.08. The normalized spacial score (nSPS) is 17.6. The van der Waals surface area contributed by atoms with Gasteiger partial charge in [0.15, 0.2) is 17.6 Å². The summed E-state index contributed by atoms with van der Waals surface area (Å²) in [5.41, 5.74) is 5.17. The van der Waals surface area contributed by atoms with Crippen molar-refractivity contribution < 1.29 is 28.8 Å². The van der Waals surface area contributed by atoms with Crippen LogP contribution < -0.4 is 18.9 Å². The summed E-state index contributed by atoms with van der Waals surface area (Å²) in [5.74, 6) is 1.53. The molecule has 0 amide bonds. The van der Waals surface area contributed by atoms with Crippen LogP contribution in [0.1, 0.15) is 58.7 Å². The van der Waals surface area contributed by atoms with Crippen LogP contribution in [0.15, 0.2) is 78.9 Å². The summed E-state index contributed by atoms with van der Waals surface area (Å²) in [4.78, 5) is 14.0. The third kappa shape index (κ3) is 6.91. The number of benzene rings is 4. The number of carboxylic acid groups (broad SMARTS) is 1. The van der Waals surface area contributed by atoms with E-state index in [0.717, 1.165) is 52.2 Å². The molecule has 46 heavy (non-hydrogen) atoms. The molecule has 4 aromatic rings. The maximum Gasteiger partial charge on any atom is 0.320 e. The summed E-state index contributed by atoms with van der Waals surface area (Å²) in [6, 6.07) is 26.2. The van der Waals surface area contributed by atoms with Crippen molar-refractivity contribution in [3.05, 3.63) is 117 Å². The number of rotatable bonds is 10. The first-order chi connectivity index (χ1) is 22.4. The number of aliphatic carboxylic acids is 1. The molecule has 6 rings (SSSR count). The number of hydrogen-bond donors (Lipinski definition) is 1. The SMILES string of the molecule is Cc1c(COc2ccc(CN3CCCC[C@H]3C(=O)O)c(OCc3cccc(C#N)c3)c2Cl)cccc1C1COc2ccccc2O1. The summed E-state index contributed by atoms with van der Waals surface area (Å²) in [6.45, 7) is 3.95. The van der Waals surface area contributed by atoms with Crippen LogP contribution in [0.3, 0.4) is 0 Å². The largest absolute Gasteiger partial charge is 0.487 e. The Morgan fingerprint density at radius 3 is 2.65 bits per heavy atom. The van der Waals surface area contributed by atoms with E-state index in [1.54, 1.807) is 12.1 Å². The molecule has 1 N–H and O–H groups in total. The van der Waals surface area contributed by atoms with Crippen molar-refractivity contribution in [2.75, 3.05) is 13.2 Å². The number of likely N-dealkylation sites (tertiary alicyclic amines) is 1. The minimum absolute atomic E-state index is 0.182. The van der Waals surface area contributed by atoms with Gasteiger partial charge < -0.3 is 24.1 Å². The van der Waals surface area contributed by atoms with Crippen LogP contribution in [0.4, 0.5) is 0 Å². The molecule has 9 heteroatoms. The van der Waals surface area contributed by atoms with E-state index >= 15 is 0 Å². The van der Waals surface area contributed by atoms with Crippen LogP contribution in [0.2, 0.25) is 5.02 Å². The quantitative estimate of drug-likeness (QED) is 0.189. The average molecular weight is 639 g/mol. The smallest absolute Gasteiger partial charge is 0.320 e. The third-order valence-electron chi connectivity index (χ3n) is 8.58. The van der Waals surface area contributed by atoms with Gasteiger partial charge in [-0.1, -0.05) is 66.6 Å². The van der Waals surface area contributed by atoms with E-state index in [1.165, 1.54) is 0 Å². The molecule has 236 valence electrons. The number of fused-ring (bicyclic) bond motifs is 1. The number of carbonyl (C=O) groups is 1. The number of ether oxygens (including phenoxy) is 4. The van der Waals surface area contributed by atoms with Gasteiger partial charge in [0.25, 0.3) is 0 Å². The van der Waals surface area contributed by atoms with Crippen molar-refractivity contribution in [3.8, 4) is 29.1 Å². The summed E-state index contributed by atoms with van der Waals surface area (Å²) in [6.07, 6.45) is 2.16. The molecule has 2 heterocycles. The second-order valence-electron chi connectivity index (χ2n) is 11.6. The minimum Gasteiger partial charge on any atom is -0.487 e. The molecule has 0 aromatic heterocycles. The van der Waals surface area contributed by atoms with Gasteiger partial charge in [0, 0.05) is 12.1 Å². The van der Waals surface area contributed by atoms with Gasteiger partial charge in [0.05, 0.1) is 11.6 Å². The number of nitriles is 1. The highest BCUT2D eigenvalue weighted by atomic mass is 35.5. The van der Waals surface area contributed by atoms with Crippen LogP contribution in [0, 0.1) is 18.3 Å². The minimum atomic E-state index is -0.825. The van der Waals surface area contributed by atoms with Crippen LogP contribution in [-0.2, 0) is 24.6 Å². The molecule has 0 saturated carbocycles. The Kier molecular flexibility index (Phi) is 9.62. The Hall–Kier alpha value is -4.71. The van der Waals surface area contributed by atoms with Crippen molar-refractivity contribution in [1.82, 2.24) is 4.90 Å². The highest BCUT2D eigenvalue weighted by molar-refractivity contribution is 6.33. The van der Waals surface area contributed by atoms with E-state index in [9.17, 15) is 15.2 Å². The lowest BCUT2D eigenvalue weighted by Gasteiger charge is -2.33. The molecule has 8 nitrogen and oxygen atoms in total. The van der Waals surface area contributed by atoms with Gasteiger partial charge in [-0.05, 0) is 78.9 Å². The second kappa shape index (κ2) is 14.2. The molecule has 2 aliphatic heterocycles. The monoisotopic (exact) mass is 638 g/mol. The molecule has 0 radical (unpaired) electrons. The molecule has 1 unspecified atom stereocenters. The summed E-state index contributed by atoms with van der Waals surface area (Å²) >= 11 is 6.99. The van der Waals surface area contributed by atoms with E-state index in [4.69, 9.17) is 30.5 Å². The molecule has 0 bridgehead atoms. The number of hydrogen-bond acceptors (Lipinski definition) is 7. The lowest BCUT2D eigenvalue weighted by Crippen LogP contribution is -2.44. The first-order valence-electron chi connectivity index (χ1n) is 15.4. The topological polar surface area (TPSA) is 101 Å². The molecule has 1 fully saturated rings. The van der Waals surface area contributed by atoms with Crippen LogP contribution in [0.5, 0.6) is 23.0 Å². The highest BCUT2D eigenvalue weighted by Crippen LogP contribution is 2.40. The molecular formula is C37H35ClN2O6. The first kappa shape index (κ1) is 31.3. The zero-order valence-electron chi connectivity index (χ0n) is 25.6. The summed E-state index contributed by atoms with van der Waals surface area (Å²) < 4.78 is 24.8. The van der Waals surface area contributed by atoms with E-state index in [1.807, 2.05) is 78.6 Å². The lowest BCUT2D eigenvalue weighted by molar-refractivity contribution is -0.144. The fraction of sp³-hybridized carbons (Fsp3) is 0.297. The number of piperidine rings is 1. The molecule has 0 aliphatic carbocycles. The number of carboxylic acids is 1. The molecule has 2 aliphatic rings. The van der Waals surface area contributed by atoms with E-state index in [2.05, 4.69) is 6.07 Å². The molecular weight excluding hydrogens is 604 g/mol. The zero-order chi connectivity index (χ0) is 32.0. The predicted octanol–water partition coefficient (Wildman–Crippen LogP) is 7.63. The van der Waals surface area contributed by atoms with Gasteiger partial charge in [-0.2, -0.15) is 5.26 Å².